The van der Waals surface area contributed by atoms with Crippen LogP contribution in [0.1, 0.15) is 17.6 Å². The molecule has 0 amide bonds. The number of hydrogen-bond acceptors (Lipinski definition) is 4. The van der Waals surface area contributed by atoms with Crippen molar-refractivity contribution >= 4 is 23.3 Å². The minimum absolute atomic E-state index is 0.271. The van der Waals surface area contributed by atoms with E-state index in [1.807, 2.05) is 30.0 Å². The van der Waals surface area contributed by atoms with Gasteiger partial charge in [0.1, 0.15) is 5.82 Å². The summed E-state index contributed by atoms with van der Waals surface area (Å²) in [7, 11) is 1.81. The van der Waals surface area contributed by atoms with Crippen LogP contribution in [0.15, 0.2) is 30.3 Å². The second-order valence-corrected chi connectivity index (χ2v) is 6.35. The number of aryl methyl sites for hydroxylation is 1. The zero-order valence-corrected chi connectivity index (χ0v) is 14.6. The SMILES string of the molecule is Cc1nc(Cl)c(C(C(=O)O)N2CCN(c3ccccc3)CC2)n1C. The summed E-state index contributed by atoms with van der Waals surface area (Å²) < 4.78 is 1.77. The van der Waals surface area contributed by atoms with Crippen molar-refractivity contribution in [2.75, 3.05) is 31.1 Å². The predicted octanol–water partition coefficient (Wildman–Crippen LogP) is 2.33. The Balaban J connectivity index is 1.79. The number of anilines is 1. The average molecular weight is 349 g/mol. The van der Waals surface area contributed by atoms with Crippen LogP contribution >= 0.6 is 11.6 Å². The zero-order valence-electron chi connectivity index (χ0n) is 13.8. The third-order valence-electron chi connectivity index (χ3n) is 4.61. The van der Waals surface area contributed by atoms with Crippen molar-refractivity contribution in [3.63, 3.8) is 0 Å². The van der Waals surface area contributed by atoms with Crippen LogP contribution < -0.4 is 4.90 Å². The zero-order chi connectivity index (χ0) is 17.3. The fraction of sp³-hybridized carbons (Fsp3) is 0.412. The first-order chi connectivity index (χ1) is 11.5. The number of para-hydroxylation sites is 1. The van der Waals surface area contributed by atoms with Gasteiger partial charge in [-0.3, -0.25) is 9.69 Å². The maximum atomic E-state index is 11.9. The van der Waals surface area contributed by atoms with E-state index >= 15 is 0 Å². The number of imidazole rings is 1. The topological polar surface area (TPSA) is 61.6 Å². The second-order valence-electron chi connectivity index (χ2n) is 5.99. The molecule has 0 spiro atoms. The highest BCUT2D eigenvalue weighted by Crippen LogP contribution is 2.29. The number of carbonyl (C=O) groups is 1. The molecule has 1 atom stereocenters. The van der Waals surface area contributed by atoms with E-state index < -0.39 is 12.0 Å². The van der Waals surface area contributed by atoms with Gasteiger partial charge in [-0.25, -0.2) is 4.98 Å². The monoisotopic (exact) mass is 348 g/mol. The Morgan fingerprint density at radius 2 is 1.83 bits per heavy atom. The highest BCUT2D eigenvalue weighted by atomic mass is 35.5. The van der Waals surface area contributed by atoms with Gasteiger partial charge in [-0.2, -0.15) is 0 Å². The first kappa shape index (κ1) is 16.8. The van der Waals surface area contributed by atoms with Gasteiger partial charge < -0.3 is 14.6 Å². The van der Waals surface area contributed by atoms with Gasteiger partial charge in [0.05, 0.1) is 5.69 Å². The number of hydrogen-bond donors (Lipinski definition) is 1. The molecule has 1 aromatic heterocycles. The highest BCUT2D eigenvalue weighted by molar-refractivity contribution is 6.30. The first-order valence-electron chi connectivity index (χ1n) is 7.94. The summed E-state index contributed by atoms with van der Waals surface area (Å²) in [5.41, 5.74) is 1.72. The molecule has 1 aromatic carbocycles. The maximum Gasteiger partial charge on any atom is 0.327 e. The third-order valence-corrected chi connectivity index (χ3v) is 4.89. The molecule has 0 bridgehead atoms. The number of nitrogens with zero attached hydrogens (tertiary/aromatic N) is 4. The lowest BCUT2D eigenvalue weighted by Gasteiger charge is -2.38. The van der Waals surface area contributed by atoms with Crippen LogP contribution in [0.25, 0.3) is 0 Å². The van der Waals surface area contributed by atoms with Crippen molar-refractivity contribution < 1.29 is 9.90 Å². The fourth-order valence-corrected chi connectivity index (χ4v) is 3.56. The summed E-state index contributed by atoms with van der Waals surface area (Å²) in [5.74, 6) is -0.183. The number of rotatable bonds is 4. The summed E-state index contributed by atoms with van der Waals surface area (Å²) in [4.78, 5) is 20.3. The molecule has 24 heavy (non-hydrogen) atoms. The van der Waals surface area contributed by atoms with Crippen molar-refractivity contribution in [2.24, 2.45) is 7.05 Å². The number of benzene rings is 1. The molecule has 0 saturated carbocycles. The predicted molar refractivity (Wildman–Crippen MR) is 93.6 cm³/mol. The highest BCUT2D eigenvalue weighted by Gasteiger charge is 2.34. The molecule has 1 aliphatic rings. The Labute approximate surface area is 146 Å². The molecule has 7 heteroatoms. The number of aromatic nitrogens is 2. The molecule has 2 aromatic rings. The Kier molecular flexibility index (Phi) is 4.78. The number of piperazine rings is 1. The largest absolute Gasteiger partial charge is 0.480 e. The van der Waals surface area contributed by atoms with Gasteiger partial charge in [0.25, 0.3) is 0 Å². The number of carboxylic acids is 1. The number of halogens is 1. The van der Waals surface area contributed by atoms with Crippen molar-refractivity contribution in [1.82, 2.24) is 14.5 Å². The molecule has 2 heterocycles. The van der Waals surface area contributed by atoms with E-state index in [1.54, 1.807) is 11.6 Å². The summed E-state index contributed by atoms with van der Waals surface area (Å²) in [6.07, 6.45) is 0. The smallest absolute Gasteiger partial charge is 0.327 e. The Bertz CT molecular complexity index is 724. The van der Waals surface area contributed by atoms with E-state index in [1.165, 1.54) is 5.69 Å². The van der Waals surface area contributed by atoms with Gasteiger partial charge in [0.2, 0.25) is 0 Å². The lowest BCUT2D eigenvalue weighted by atomic mass is 10.1. The van der Waals surface area contributed by atoms with Crippen molar-refractivity contribution in [2.45, 2.75) is 13.0 Å². The number of aliphatic carboxylic acids is 1. The van der Waals surface area contributed by atoms with Crippen LogP contribution in [0.5, 0.6) is 0 Å². The van der Waals surface area contributed by atoms with E-state index in [2.05, 4.69) is 22.0 Å². The van der Waals surface area contributed by atoms with E-state index in [-0.39, 0.29) is 5.15 Å². The van der Waals surface area contributed by atoms with Gasteiger partial charge in [-0.15, -0.1) is 0 Å². The van der Waals surface area contributed by atoms with Crippen molar-refractivity contribution in [1.29, 1.82) is 0 Å². The molecule has 0 aliphatic carbocycles. The van der Waals surface area contributed by atoms with Crippen molar-refractivity contribution in [3.8, 4) is 0 Å². The third kappa shape index (κ3) is 3.12. The molecule has 1 saturated heterocycles. The van der Waals surface area contributed by atoms with Crippen LogP contribution in [0.3, 0.4) is 0 Å². The van der Waals surface area contributed by atoms with Crippen LogP contribution in [-0.4, -0.2) is 51.7 Å². The Morgan fingerprint density at radius 3 is 2.33 bits per heavy atom. The van der Waals surface area contributed by atoms with Gasteiger partial charge in [0.15, 0.2) is 11.2 Å². The molecule has 0 radical (unpaired) electrons. The average Bonchev–Trinajstić information content (AvgIpc) is 2.83. The lowest BCUT2D eigenvalue weighted by Crippen LogP contribution is -2.49. The van der Waals surface area contributed by atoms with E-state index in [9.17, 15) is 9.90 Å². The van der Waals surface area contributed by atoms with E-state index in [4.69, 9.17) is 11.6 Å². The number of carboxylic acid groups (broad SMARTS) is 1. The van der Waals surface area contributed by atoms with Crippen LogP contribution in [0.4, 0.5) is 5.69 Å². The van der Waals surface area contributed by atoms with Gasteiger partial charge in [-0.05, 0) is 19.1 Å². The molecule has 1 fully saturated rings. The molecule has 128 valence electrons. The molecule has 6 nitrogen and oxygen atoms in total. The summed E-state index contributed by atoms with van der Waals surface area (Å²) in [6.45, 7) is 4.70. The quantitative estimate of drug-likeness (QED) is 0.918. The normalized spacial score (nSPS) is 17.0. The molecule has 1 N–H and O–H groups in total. The molecule has 1 unspecified atom stereocenters. The van der Waals surface area contributed by atoms with E-state index in [0.717, 1.165) is 13.1 Å². The van der Waals surface area contributed by atoms with Crippen LogP contribution in [0, 0.1) is 6.92 Å². The summed E-state index contributed by atoms with van der Waals surface area (Å²) in [5, 5.41) is 10.0. The molecular formula is C17H21ClN4O2. The Hall–Kier alpha value is -2.05. The van der Waals surface area contributed by atoms with Gasteiger partial charge in [-0.1, -0.05) is 29.8 Å². The van der Waals surface area contributed by atoms with Gasteiger partial charge >= 0.3 is 5.97 Å². The molecular weight excluding hydrogens is 328 g/mol. The van der Waals surface area contributed by atoms with Crippen LogP contribution in [0.2, 0.25) is 5.15 Å². The minimum atomic E-state index is -0.895. The Morgan fingerprint density at radius 1 is 1.21 bits per heavy atom. The first-order valence-corrected chi connectivity index (χ1v) is 8.32. The molecule has 3 rings (SSSR count). The second kappa shape index (κ2) is 6.83. The lowest BCUT2D eigenvalue weighted by molar-refractivity contribution is -0.144. The summed E-state index contributed by atoms with van der Waals surface area (Å²) >= 11 is 6.20. The fourth-order valence-electron chi connectivity index (χ4n) is 3.21. The maximum absolute atomic E-state index is 11.9. The minimum Gasteiger partial charge on any atom is -0.480 e. The van der Waals surface area contributed by atoms with E-state index in [0.29, 0.717) is 24.6 Å². The summed E-state index contributed by atoms with van der Waals surface area (Å²) in [6, 6.07) is 9.39. The van der Waals surface area contributed by atoms with Crippen LogP contribution in [-0.2, 0) is 11.8 Å². The van der Waals surface area contributed by atoms with Gasteiger partial charge in [0, 0.05) is 38.9 Å². The van der Waals surface area contributed by atoms with Crippen molar-refractivity contribution in [3.05, 3.63) is 47.0 Å². The molecule has 1 aliphatic heterocycles. The standard InChI is InChI=1S/C17H21ClN4O2/c1-12-19-16(18)14(20(12)2)15(17(23)24)22-10-8-21(9-11-22)13-6-4-3-5-7-13/h3-7,15H,8-11H2,1-2H3,(H,23,24).